The van der Waals surface area contributed by atoms with E-state index in [-0.39, 0.29) is 6.04 Å². The molecule has 30 heavy (non-hydrogen) atoms. The molecule has 1 atom stereocenters. The van der Waals surface area contributed by atoms with E-state index in [0.717, 1.165) is 16.5 Å². The number of fused-ring (bicyclic) bond motifs is 1. The summed E-state index contributed by atoms with van der Waals surface area (Å²) in [6, 6.07) is 7.37. The van der Waals surface area contributed by atoms with Crippen LogP contribution < -0.4 is 16.8 Å². The zero-order chi connectivity index (χ0) is 21.3. The Bertz CT molecular complexity index is 1210. The second-order valence-electron chi connectivity index (χ2n) is 6.65. The van der Waals surface area contributed by atoms with Gasteiger partial charge in [0.1, 0.15) is 5.69 Å². The first-order valence-corrected chi connectivity index (χ1v) is 9.70. The third-order valence-electron chi connectivity index (χ3n) is 4.34. The summed E-state index contributed by atoms with van der Waals surface area (Å²) in [7, 11) is 0. The Labute approximate surface area is 171 Å². The van der Waals surface area contributed by atoms with Crippen LogP contribution >= 0.6 is 11.3 Å². The second-order valence-corrected chi connectivity index (χ2v) is 7.68. The van der Waals surface area contributed by atoms with E-state index in [1.807, 2.05) is 6.07 Å². The first kappa shape index (κ1) is 20.1. The lowest BCUT2D eigenvalue weighted by molar-refractivity contribution is -0.141. The van der Waals surface area contributed by atoms with Crippen LogP contribution in [-0.2, 0) is 12.6 Å². The smallest absolute Gasteiger partial charge is 0.408 e. The molecular weight excluding hydrogens is 419 g/mol. The number of halogens is 3. The number of thiazole rings is 1. The molecule has 156 valence electrons. The molecule has 0 amide bonds. The minimum absolute atomic E-state index is 0.332. The predicted molar refractivity (Wildman–Crippen MR) is 107 cm³/mol. The van der Waals surface area contributed by atoms with Gasteiger partial charge in [0.15, 0.2) is 10.7 Å². The van der Waals surface area contributed by atoms with E-state index in [4.69, 9.17) is 10.2 Å². The van der Waals surface area contributed by atoms with Crippen molar-refractivity contribution in [1.82, 2.24) is 15.0 Å². The highest BCUT2D eigenvalue weighted by Gasteiger charge is 2.32. The number of aromatic amines is 1. The van der Waals surface area contributed by atoms with Gasteiger partial charge in [-0.3, -0.25) is 9.97 Å². The van der Waals surface area contributed by atoms with E-state index in [2.05, 4.69) is 20.3 Å². The van der Waals surface area contributed by atoms with Crippen LogP contribution in [0.25, 0.3) is 21.5 Å². The molecular formula is C19H16F3N5O2S. The van der Waals surface area contributed by atoms with Crippen molar-refractivity contribution >= 4 is 27.6 Å². The largest absolute Gasteiger partial charge is 0.433 e. The predicted octanol–water partition coefficient (Wildman–Crippen LogP) is 3.64. The third kappa shape index (κ3) is 4.52. The van der Waals surface area contributed by atoms with Crippen LogP contribution in [0.3, 0.4) is 0 Å². The molecule has 0 aliphatic carbocycles. The van der Waals surface area contributed by atoms with Gasteiger partial charge in [0.25, 0.3) is 0 Å². The maximum absolute atomic E-state index is 12.6. The lowest BCUT2D eigenvalue weighted by Crippen LogP contribution is -2.31. The number of nitrogens with one attached hydrogen (secondary N) is 2. The van der Waals surface area contributed by atoms with Gasteiger partial charge in [-0.05, 0) is 35.7 Å². The Hall–Kier alpha value is -3.18. The number of rotatable bonds is 6. The molecule has 3 heterocycles. The van der Waals surface area contributed by atoms with Crippen molar-refractivity contribution in [2.75, 3.05) is 11.9 Å². The zero-order valence-corrected chi connectivity index (χ0v) is 16.2. The summed E-state index contributed by atoms with van der Waals surface area (Å²) >= 11 is 1.41. The molecule has 11 heteroatoms. The van der Waals surface area contributed by atoms with Crippen LogP contribution in [0.15, 0.2) is 51.9 Å². The molecule has 0 saturated heterocycles. The molecule has 0 spiro atoms. The second kappa shape index (κ2) is 7.92. The molecule has 0 aliphatic rings. The Morgan fingerprint density at radius 1 is 1.20 bits per heavy atom. The summed E-state index contributed by atoms with van der Waals surface area (Å²) in [4.78, 5) is 22.5. The van der Waals surface area contributed by atoms with E-state index in [9.17, 15) is 18.0 Å². The topological polar surface area (TPSA) is 110 Å². The van der Waals surface area contributed by atoms with Crippen molar-refractivity contribution in [2.24, 2.45) is 5.73 Å². The van der Waals surface area contributed by atoms with Crippen LogP contribution in [0.4, 0.5) is 18.3 Å². The van der Waals surface area contributed by atoms with Crippen molar-refractivity contribution in [2.45, 2.75) is 18.6 Å². The van der Waals surface area contributed by atoms with Crippen molar-refractivity contribution in [3.05, 3.63) is 64.5 Å². The average Bonchev–Trinajstić information content (AvgIpc) is 3.31. The van der Waals surface area contributed by atoms with Gasteiger partial charge in [-0.25, -0.2) is 9.78 Å². The van der Waals surface area contributed by atoms with E-state index in [1.165, 1.54) is 23.6 Å². The number of aromatic nitrogens is 3. The fourth-order valence-corrected chi connectivity index (χ4v) is 3.71. The van der Waals surface area contributed by atoms with Gasteiger partial charge < -0.3 is 15.5 Å². The number of hydrogen-bond donors (Lipinski definition) is 3. The number of anilines is 1. The highest BCUT2D eigenvalue weighted by atomic mass is 32.1. The minimum atomic E-state index is -4.46. The van der Waals surface area contributed by atoms with Crippen LogP contribution in [0.2, 0.25) is 0 Å². The van der Waals surface area contributed by atoms with Gasteiger partial charge in [-0.1, -0.05) is 23.5 Å². The molecule has 0 aliphatic heterocycles. The first-order valence-electron chi connectivity index (χ1n) is 8.88. The van der Waals surface area contributed by atoms with Gasteiger partial charge in [0.2, 0.25) is 0 Å². The maximum Gasteiger partial charge on any atom is 0.433 e. The number of H-pyrrole nitrogens is 1. The van der Waals surface area contributed by atoms with Gasteiger partial charge in [0.05, 0.1) is 10.4 Å². The van der Waals surface area contributed by atoms with Crippen molar-refractivity contribution in [3.63, 3.8) is 0 Å². The fourth-order valence-electron chi connectivity index (χ4n) is 2.89. The van der Waals surface area contributed by atoms with Crippen molar-refractivity contribution in [1.29, 1.82) is 0 Å². The molecule has 4 aromatic rings. The number of oxazole rings is 1. The number of hydrogen-bond acceptors (Lipinski definition) is 7. The van der Waals surface area contributed by atoms with Gasteiger partial charge in [0, 0.05) is 25.0 Å². The van der Waals surface area contributed by atoms with Crippen LogP contribution in [0.1, 0.15) is 11.3 Å². The zero-order valence-electron chi connectivity index (χ0n) is 15.4. The summed E-state index contributed by atoms with van der Waals surface area (Å²) in [6.07, 6.45) is -1.19. The summed E-state index contributed by atoms with van der Waals surface area (Å²) in [5.41, 5.74) is 7.72. The fraction of sp³-hybridized carbons (Fsp3) is 0.211. The lowest BCUT2D eigenvalue weighted by atomic mass is 10.1. The van der Waals surface area contributed by atoms with E-state index >= 15 is 0 Å². The van der Waals surface area contributed by atoms with Crippen LogP contribution in [0.5, 0.6) is 0 Å². The highest BCUT2D eigenvalue weighted by Crippen LogP contribution is 2.31. The number of nitrogens with zero attached hydrogens (tertiary/aromatic N) is 2. The minimum Gasteiger partial charge on any atom is -0.408 e. The van der Waals surface area contributed by atoms with Crippen molar-refractivity contribution < 1.29 is 17.6 Å². The molecule has 3 aromatic heterocycles. The Morgan fingerprint density at radius 3 is 2.77 bits per heavy atom. The Balaban J connectivity index is 1.36. The average molecular weight is 435 g/mol. The molecule has 0 bridgehead atoms. The van der Waals surface area contributed by atoms with E-state index < -0.39 is 17.6 Å². The molecule has 0 saturated carbocycles. The normalized spacial score (nSPS) is 12.9. The molecule has 4 rings (SSSR count). The van der Waals surface area contributed by atoms with E-state index in [1.54, 1.807) is 18.3 Å². The summed E-state index contributed by atoms with van der Waals surface area (Å²) in [5.74, 6) is -0.508. The number of alkyl halides is 3. The lowest BCUT2D eigenvalue weighted by Gasteiger charge is -2.12. The number of benzene rings is 1. The van der Waals surface area contributed by atoms with Gasteiger partial charge in [-0.2, -0.15) is 13.2 Å². The highest BCUT2D eigenvalue weighted by molar-refractivity contribution is 7.18. The first-order chi connectivity index (χ1) is 14.3. The van der Waals surface area contributed by atoms with E-state index in [0.29, 0.717) is 34.8 Å². The molecule has 4 N–H and O–H groups in total. The molecule has 7 nitrogen and oxygen atoms in total. The van der Waals surface area contributed by atoms with Crippen LogP contribution in [0, 0.1) is 0 Å². The number of pyridine rings is 1. The van der Waals surface area contributed by atoms with Gasteiger partial charge >= 0.3 is 11.9 Å². The standard InChI is InChI=1S/C19H16F3N5O2S/c20-19(21,22)16-4-1-10(7-24-16)5-12(23)8-25-17-26-9-15(30-17)11-2-3-13-14(6-11)29-18(28)27-13/h1-4,6-7,9,12H,5,8,23H2,(H,25,26)(H,27,28)/t12-/m0/s1. The molecule has 0 unspecified atom stereocenters. The SMILES string of the molecule is N[C@H](CNc1ncc(-c2ccc3[nH]c(=O)oc3c2)s1)Cc1ccc(C(F)(F)F)nc1. The van der Waals surface area contributed by atoms with Crippen LogP contribution in [-0.4, -0.2) is 27.5 Å². The Kier molecular flexibility index (Phi) is 5.31. The number of nitrogens with two attached hydrogens (primary N) is 1. The Morgan fingerprint density at radius 2 is 2.03 bits per heavy atom. The molecule has 0 fully saturated rings. The quantitative estimate of drug-likeness (QED) is 0.427. The monoisotopic (exact) mass is 435 g/mol. The van der Waals surface area contributed by atoms with Gasteiger partial charge in [-0.15, -0.1) is 0 Å². The molecule has 1 aromatic carbocycles. The molecule has 0 radical (unpaired) electrons. The van der Waals surface area contributed by atoms with Crippen molar-refractivity contribution in [3.8, 4) is 10.4 Å². The third-order valence-corrected chi connectivity index (χ3v) is 5.34. The summed E-state index contributed by atoms with van der Waals surface area (Å²) in [5, 5.41) is 3.79. The summed E-state index contributed by atoms with van der Waals surface area (Å²) in [6.45, 7) is 0.389. The maximum atomic E-state index is 12.6. The summed E-state index contributed by atoms with van der Waals surface area (Å²) < 4.78 is 42.8.